The molecule has 7 heteroatoms. The Labute approximate surface area is 125 Å². The van der Waals surface area contributed by atoms with Crippen LogP contribution in [-0.4, -0.2) is 31.7 Å². The fourth-order valence-corrected chi connectivity index (χ4v) is 2.11. The van der Waals surface area contributed by atoms with Gasteiger partial charge in [0, 0.05) is 15.6 Å². The molecule has 106 valence electrons. The molecular weight excluding hydrogens is 322 g/mol. The number of amides is 1. The highest BCUT2D eigenvalue weighted by Crippen LogP contribution is 2.24. The summed E-state index contributed by atoms with van der Waals surface area (Å²) in [5, 5.41) is 14.9. The van der Waals surface area contributed by atoms with Gasteiger partial charge in [0.2, 0.25) is 11.7 Å². The van der Waals surface area contributed by atoms with Crippen molar-refractivity contribution in [1.29, 1.82) is 0 Å². The predicted octanol–water partition coefficient (Wildman–Crippen LogP) is 2.02. The predicted molar refractivity (Wildman–Crippen MR) is 78.8 cm³/mol. The zero-order chi connectivity index (χ0) is 14.8. The quantitative estimate of drug-likeness (QED) is 0.929. The molecule has 0 saturated heterocycles. The Balaban J connectivity index is 2.10. The van der Waals surface area contributed by atoms with E-state index in [0.29, 0.717) is 5.82 Å². The summed E-state index contributed by atoms with van der Waals surface area (Å²) in [6.07, 6.45) is 0. The van der Waals surface area contributed by atoms with E-state index >= 15 is 0 Å². The van der Waals surface area contributed by atoms with Gasteiger partial charge in [-0.2, -0.15) is 4.80 Å². The maximum Gasteiger partial charge on any atom is 0.244 e. The molecule has 0 fully saturated rings. The minimum atomic E-state index is -0.275. The summed E-state index contributed by atoms with van der Waals surface area (Å²) in [6, 6.07) is 7.60. The maximum atomic E-state index is 11.8. The molecule has 20 heavy (non-hydrogen) atoms. The Morgan fingerprint density at radius 1 is 1.35 bits per heavy atom. The van der Waals surface area contributed by atoms with Crippen molar-refractivity contribution in [1.82, 2.24) is 25.5 Å². The zero-order valence-corrected chi connectivity index (χ0v) is 13.2. The lowest BCUT2D eigenvalue weighted by Crippen LogP contribution is -2.42. The molecule has 0 atom stereocenters. The lowest BCUT2D eigenvalue weighted by Gasteiger charge is -2.19. The van der Waals surface area contributed by atoms with Gasteiger partial charge in [-0.1, -0.05) is 28.1 Å². The van der Waals surface area contributed by atoms with Crippen molar-refractivity contribution in [3.63, 3.8) is 0 Å². The van der Waals surface area contributed by atoms with Crippen molar-refractivity contribution in [2.24, 2.45) is 0 Å². The lowest BCUT2D eigenvalue weighted by atomic mass is 10.1. The number of carbonyl (C=O) groups is 1. The highest BCUT2D eigenvalue weighted by molar-refractivity contribution is 9.10. The van der Waals surface area contributed by atoms with Crippen LogP contribution in [0, 0.1) is 0 Å². The molecule has 1 N–H and O–H groups in total. The maximum absolute atomic E-state index is 11.8. The van der Waals surface area contributed by atoms with Crippen LogP contribution >= 0.6 is 15.9 Å². The van der Waals surface area contributed by atoms with Crippen LogP contribution < -0.4 is 5.32 Å². The minimum absolute atomic E-state index is 0.0503. The third-order valence-corrected chi connectivity index (χ3v) is 3.06. The van der Waals surface area contributed by atoms with Crippen LogP contribution in [0.25, 0.3) is 11.4 Å². The summed E-state index contributed by atoms with van der Waals surface area (Å²) < 4.78 is 0.888. The summed E-state index contributed by atoms with van der Waals surface area (Å²) in [6.45, 7) is 5.82. The van der Waals surface area contributed by atoms with Gasteiger partial charge in [0.15, 0.2) is 0 Å². The zero-order valence-electron chi connectivity index (χ0n) is 11.6. The van der Waals surface area contributed by atoms with E-state index in [0.717, 1.165) is 10.0 Å². The van der Waals surface area contributed by atoms with E-state index in [1.807, 2.05) is 45.0 Å². The van der Waals surface area contributed by atoms with E-state index in [1.165, 1.54) is 4.80 Å². The molecule has 1 aromatic carbocycles. The minimum Gasteiger partial charge on any atom is -0.350 e. The number of hydrogen-bond acceptors (Lipinski definition) is 4. The third-order valence-electron chi connectivity index (χ3n) is 2.37. The second-order valence-electron chi connectivity index (χ2n) is 5.42. The van der Waals surface area contributed by atoms with E-state index in [9.17, 15) is 4.79 Å². The largest absolute Gasteiger partial charge is 0.350 e. The van der Waals surface area contributed by atoms with Crippen molar-refractivity contribution >= 4 is 21.8 Å². The average molecular weight is 338 g/mol. The van der Waals surface area contributed by atoms with Crippen molar-refractivity contribution in [2.45, 2.75) is 32.9 Å². The Morgan fingerprint density at radius 3 is 2.70 bits per heavy atom. The standard InChI is InChI=1S/C13H16BrN5O/c1-13(2,3)15-11(20)8-19-17-12(16-18-19)9-6-4-5-7-10(9)14/h4-7H,8H2,1-3H3,(H,15,20). The van der Waals surface area contributed by atoms with E-state index in [4.69, 9.17) is 0 Å². The van der Waals surface area contributed by atoms with Crippen LogP contribution in [0.5, 0.6) is 0 Å². The number of aromatic nitrogens is 4. The van der Waals surface area contributed by atoms with Gasteiger partial charge in [0.1, 0.15) is 6.54 Å². The van der Waals surface area contributed by atoms with E-state index in [1.54, 1.807) is 0 Å². The van der Waals surface area contributed by atoms with Gasteiger partial charge in [-0.25, -0.2) is 0 Å². The second kappa shape index (κ2) is 5.70. The molecule has 0 bridgehead atoms. The van der Waals surface area contributed by atoms with Gasteiger partial charge in [-0.3, -0.25) is 4.79 Å². The molecule has 0 saturated carbocycles. The van der Waals surface area contributed by atoms with Gasteiger partial charge in [-0.05, 0) is 38.1 Å². The number of hydrogen-bond donors (Lipinski definition) is 1. The summed E-state index contributed by atoms with van der Waals surface area (Å²) in [4.78, 5) is 13.1. The molecule has 0 aliphatic rings. The molecule has 0 unspecified atom stereocenters. The SMILES string of the molecule is CC(C)(C)NC(=O)Cn1nnc(-c2ccccc2Br)n1. The molecule has 2 rings (SSSR count). The van der Waals surface area contributed by atoms with Crippen molar-refractivity contribution in [3.05, 3.63) is 28.7 Å². The monoisotopic (exact) mass is 337 g/mol. The fourth-order valence-electron chi connectivity index (χ4n) is 1.65. The molecule has 2 aromatic rings. The fraction of sp³-hybridized carbons (Fsp3) is 0.385. The second-order valence-corrected chi connectivity index (χ2v) is 6.28. The molecular formula is C13H16BrN5O. The Kier molecular flexibility index (Phi) is 4.17. The van der Waals surface area contributed by atoms with Crippen molar-refractivity contribution < 1.29 is 4.79 Å². The summed E-state index contributed by atoms with van der Waals surface area (Å²) >= 11 is 3.44. The first-order valence-electron chi connectivity index (χ1n) is 6.19. The van der Waals surface area contributed by atoms with Gasteiger partial charge in [-0.15, -0.1) is 10.2 Å². The normalized spacial score (nSPS) is 11.4. The molecule has 0 radical (unpaired) electrons. The number of tetrazole rings is 1. The van der Waals surface area contributed by atoms with E-state index in [2.05, 4.69) is 36.7 Å². The van der Waals surface area contributed by atoms with Crippen LogP contribution in [0.15, 0.2) is 28.7 Å². The van der Waals surface area contributed by atoms with Crippen LogP contribution in [0.2, 0.25) is 0 Å². The Morgan fingerprint density at radius 2 is 2.05 bits per heavy atom. The first-order chi connectivity index (χ1) is 9.35. The molecule has 0 aliphatic carbocycles. The summed E-state index contributed by atoms with van der Waals surface area (Å²) in [5.74, 6) is 0.342. The Bertz CT molecular complexity index is 617. The number of benzene rings is 1. The topological polar surface area (TPSA) is 72.7 Å². The molecule has 1 amide bonds. The highest BCUT2D eigenvalue weighted by atomic mass is 79.9. The Hall–Kier alpha value is -1.76. The van der Waals surface area contributed by atoms with E-state index in [-0.39, 0.29) is 18.0 Å². The number of carbonyl (C=O) groups excluding carboxylic acids is 1. The first-order valence-corrected chi connectivity index (χ1v) is 6.98. The lowest BCUT2D eigenvalue weighted by molar-refractivity contribution is -0.123. The molecule has 1 heterocycles. The highest BCUT2D eigenvalue weighted by Gasteiger charge is 2.16. The smallest absolute Gasteiger partial charge is 0.244 e. The van der Waals surface area contributed by atoms with Crippen molar-refractivity contribution in [3.8, 4) is 11.4 Å². The van der Waals surface area contributed by atoms with Crippen LogP contribution in [0.1, 0.15) is 20.8 Å². The molecule has 0 aliphatic heterocycles. The van der Waals surface area contributed by atoms with E-state index < -0.39 is 0 Å². The summed E-state index contributed by atoms with van der Waals surface area (Å²) in [5.41, 5.74) is 0.568. The number of nitrogens with zero attached hydrogens (tertiary/aromatic N) is 4. The average Bonchev–Trinajstić information content (AvgIpc) is 2.75. The van der Waals surface area contributed by atoms with Gasteiger partial charge in [0.05, 0.1) is 0 Å². The number of nitrogens with one attached hydrogen (secondary N) is 1. The van der Waals surface area contributed by atoms with Gasteiger partial charge >= 0.3 is 0 Å². The number of halogens is 1. The third kappa shape index (κ3) is 3.86. The summed E-state index contributed by atoms with van der Waals surface area (Å²) in [7, 11) is 0. The van der Waals surface area contributed by atoms with Gasteiger partial charge < -0.3 is 5.32 Å². The van der Waals surface area contributed by atoms with Crippen LogP contribution in [-0.2, 0) is 11.3 Å². The van der Waals surface area contributed by atoms with Crippen molar-refractivity contribution in [2.75, 3.05) is 0 Å². The first kappa shape index (κ1) is 14.6. The molecule has 1 aromatic heterocycles. The molecule has 0 spiro atoms. The van der Waals surface area contributed by atoms with Gasteiger partial charge in [0.25, 0.3) is 0 Å². The molecule has 6 nitrogen and oxygen atoms in total. The van der Waals surface area contributed by atoms with Crippen LogP contribution in [0.3, 0.4) is 0 Å². The number of rotatable bonds is 3. The van der Waals surface area contributed by atoms with Crippen LogP contribution in [0.4, 0.5) is 0 Å².